The van der Waals surface area contributed by atoms with Gasteiger partial charge in [-0.1, -0.05) is 17.3 Å². The average Bonchev–Trinajstić information content (AvgIpc) is 3.09. The molecule has 0 amide bonds. The molecule has 0 bridgehead atoms. The van der Waals surface area contributed by atoms with E-state index in [0.717, 1.165) is 10.6 Å². The molecule has 0 N–H and O–H groups in total. The Morgan fingerprint density at radius 3 is 2.65 bits per heavy atom. The summed E-state index contributed by atoms with van der Waals surface area (Å²) in [6, 6.07) is 12.3. The van der Waals surface area contributed by atoms with Gasteiger partial charge in [0.05, 0.1) is 11.9 Å². The van der Waals surface area contributed by atoms with E-state index in [-0.39, 0.29) is 18.2 Å². The second-order valence-corrected chi connectivity index (χ2v) is 5.93. The summed E-state index contributed by atoms with van der Waals surface area (Å²) >= 11 is 1.40. The number of aromatic nitrogens is 1. The van der Waals surface area contributed by atoms with Gasteiger partial charge in [0.25, 0.3) is 0 Å². The number of hydrogen-bond donors (Lipinski definition) is 0. The van der Waals surface area contributed by atoms with E-state index >= 15 is 0 Å². The molecule has 0 atom stereocenters. The largest absolute Gasteiger partial charge is 0.434 e. The maximum atomic E-state index is 12.9. The van der Waals surface area contributed by atoms with Crippen molar-refractivity contribution < 1.29 is 22.7 Å². The van der Waals surface area contributed by atoms with Gasteiger partial charge in [-0.3, -0.25) is 0 Å². The molecule has 0 saturated heterocycles. The Kier molecular flexibility index (Phi) is 5.85. The van der Waals surface area contributed by atoms with Crippen molar-refractivity contribution in [3.05, 3.63) is 71.0 Å². The van der Waals surface area contributed by atoms with Crippen LogP contribution in [0.5, 0.6) is 5.75 Å². The Labute approximate surface area is 151 Å². The van der Waals surface area contributed by atoms with Crippen molar-refractivity contribution in [1.82, 2.24) is 4.98 Å². The third-order valence-corrected chi connectivity index (χ3v) is 4.20. The summed E-state index contributed by atoms with van der Waals surface area (Å²) in [7, 11) is 0. The lowest BCUT2D eigenvalue weighted by Gasteiger charge is -2.06. The number of alkyl halides is 2. The van der Waals surface area contributed by atoms with Crippen LogP contribution in [-0.2, 0) is 11.4 Å². The molecule has 134 valence electrons. The highest BCUT2D eigenvalue weighted by Crippen LogP contribution is 2.24. The van der Waals surface area contributed by atoms with Crippen LogP contribution in [0.1, 0.15) is 11.3 Å². The molecule has 0 saturated carbocycles. The van der Waals surface area contributed by atoms with Gasteiger partial charge in [0.15, 0.2) is 6.61 Å². The summed E-state index contributed by atoms with van der Waals surface area (Å²) in [6.07, 6.45) is 1.30. The molecule has 1 aromatic heterocycles. The van der Waals surface area contributed by atoms with Crippen LogP contribution in [0.3, 0.4) is 0 Å². The van der Waals surface area contributed by atoms with Gasteiger partial charge in [-0.25, -0.2) is 9.37 Å². The van der Waals surface area contributed by atoms with Gasteiger partial charge in [0, 0.05) is 16.5 Å². The molecule has 4 nitrogen and oxygen atoms in total. The lowest BCUT2D eigenvalue weighted by Crippen LogP contribution is -2.04. The Balaban J connectivity index is 1.59. The van der Waals surface area contributed by atoms with Crippen LogP contribution in [0, 0.1) is 5.82 Å². The fourth-order valence-electron chi connectivity index (χ4n) is 2.09. The van der Waals surface area contributed by atoms with Crippen molar-refractivity contribution in [2.75, 3.05) is 0 Å². The third-order valence-electron chi connectivity index (χ3n) is 3.26. The van der Waals surface area contributed by atoms with Crippen LogP contribution in [0.15, 0.2) is 59.1 Å². The fraction of sp³-hybridized carbons (Fsp3) is 0.111. The van der Waals surface area contributed by atoms with E-state index in [0.29, 0.717) is 11.3 Å². The van der Waals surface area contributed by atoms with Gasteiger partial charge in [-0.05, 0) is 36.4 Å². The maximum absolute atomic E-state index is 12.9. The van der Waals surface area contributed by atoms with Crippen LogP contribution in [0.25, 0.3) is 10.6 Å². The molecule has 0 unspecified atom stereocenters. The highest BCUT2D eigenvalue weighted by atomic mass is 32.1. The molecule has 3 aromatic rings. The first-order valence-electron chi connectivity index (χ1n) is 7.51. The van der Waals surface area contributed by atoms with E-state index in [4.69, 9.17) is 4.84 Å². The Hall–Kier alpha value is -2.87. The third kappa shape index (κ3) is 4.82. The van der Waals surface area contributed by atoms with Crippen LogP contribution < -0.4 is 4.74 Å². The minimum atomic E-state index is -2.91. The number of ether oxygens (including phenoxy) is 1. The predicted molar refractivity (Wildman–Crippen MR) is 93.0 cm³/mol. The summed E-state index contributed by atoms with van der Waals surface area (Å²) in [5.74, 6) is -0.290. The van der Waals surface area contributed by atoms with Gasteiger partial charge in [-0.2, -0.15) is 8.78 Å². The fourth-order valence-corrected chi connectivity index (χ4v) is 2.90. The van der Waals surface area contributed by atoms with E-state index in [9.17, 15) is 13.2 Å². The SMILES string of the molecule is Fc1ccc(-c2nc(CO/N=C/c3ccccc3OC(F)F)cs2)cc1. The standard InChI is InChI=1S/C18H13F3N2O2S/c19-14-7-5-12(6-8-14)17-23-15(11-26-17)10-24-22-9-13-3-1-2-4-16(13)25-18(20)21/h1-9,11,18H,10H2/b22-9+. The summed E-state index contributed by atoms with van der Waals surface area (Å²) < 4.78 is 42.0. The quantitative estimate of drug-likeness (QED) is 0.424. The smallest absolute Gasteiger partial charge is 0.387 e. The second-order valence-electron chi connectivity index (χ2n) is 5.08. The predicted octanol–water partition coefficient (Wildman–Crippen LogP) is 5.10. The van der Waals surface area contributed by atoms with Crippen molar-refractivity contribution in [1.29, 1.82) is 0 Å². The number of hydrogen-bond acceptors (Lipinski definition) is 5. The molecule has 0 fully saturated rings. The number of para-hydroxylation sites is 1. The molecule has 3 rings (SSSR count). The lowest BCUT2D eigenvalue weighted by atomic mass is 10.2. The van der Waals surface area contributed by atoms with Crippen molar-refractivity contribution in [3.63, 3.8) is 0 Å². The first kappa shape index (κ1) is 17.9. The Morgan fingerprint density at radius 2 is 1.88 bits per heavy atom. The Morgan fingerprint density at radius 1 is 1.12 bits per heavy atom. The van der Waals surface area contributed by atoms with Gasteiger partial charge in [0.1, 0.15) is 16.6 Å². The number of benzene rings is 2. The van der Waals surface area contributed by atoms with E-state index in [1.165, 1.54) is 35.8 Å². The van der Waals surface area contributed by atoms with Gasteiger partial charge < -0.3 is 9.57 Å². The summed E-state index contributed by atoms with van der Waals surface area (Å²) in [5, 5.41) is 6.31. The van der Waals surface area contributed by atoms with Gasteiger partial charge in [0.2, 0.25) is 0 Å². The molecule has 8 heteroatoms. The number of oxime groups is 1. The number of halogens is 3. The van der Waals surface area contributed by atoms with Crippen LogP contribution in [0.4, 0.5) is 13.2 Å². The first-order chi connectivity index (χ1) is 12.6. The molecule has 1 heterocycles. The maximum Gasteiger partial charge on any atom is 0.387 e. The first-order valence-corrected chi connectivity index (χ1v) is 8.39. The van der Waals surface area contributed by atoms with E-state index < -0.39 is 6.61 Å². The average molecular weight is 378 g/mol. The van der Waals surface area contributed by atoms with Crippen LogP contribution >= 0.6 is 11.3 Å². The van der Waals surface area contributed by atoms with E-state index in [1.807, 2.05) is 5.38 Å². The molecular weight excluding hydrogens is 365 g/mol. The van der Waals surface area contributed by atoms with Crippen molar-refractivity contribution >= 4 is 17.6 Å². The molecule has 0 spiro atoms. The highest BCUT2D eigenvalue weighted by molar-refractivity contribution is 7.13. The molecular formula is C18H13F3N2O2S. The van der Waals surface area contributed by atoms with E-state index in [2.05, 4.69) is 14.9 Å². The zero-order valence-corrected chi connectivity index (χ0v) is 14.1. The Bertz CT molecular complexity index is 882. The molecule has 2 aromatic carbocycles. The zero-order chi connectivity index (χ0) is 18.4. The van der Waals surface area contributed by atoms with Gasteiger partial charge >= 0.3 is 6.61 Å². The monoisotopic (exact) mass is 378 g/mol. The highest BCUT2D eigenvalue weighted by Gasteiger charge is 2.08. The van der Waals surface area contributed by atoms with Crippen LogP contribution in [0.2, 0.25) is 0 Å². The summed E-state index contributed by atoms with van der Waals surface area (Å²) in [6.45, 7) is -2.79. The minimum absolute atomic E-state index is 0.0158. The molecule has 0 aliphatic carbocycles. The van der Waals surface area contributed by atoms with E-state index in [1.54, 1.807) is 30.3 Å². The normalized spacial score (nSPS) is 11.2. The number of rotatable bonds is 7. The number of nitrogens with zero attached hydrogens (tertiary/aromatic N) is 2. The molecule has 0 radical (unpaired) electrons. The van der Waals surface area contributed by atoms with Crippen molar-refractivity contribution in [2.24, 2.45) is 5.16 Å². The van der Waals surface area contributed by atoms with Crippen molar-refractivity contribution in [2.45, 2.75) is 13.2 Å². The second kappa shape index (κ2) is 8.48. The minimum Gasteiger partial charge on any atom is -0.434 e. The lowest BCUT2D eigenvalue weighted by molar-refractivity contribution is -0.0499. The van der Waals surface area contributed by atoms with Crippen LogP contribution in [-0.4, -0.2) is 17.8 Å². The molecule has 0 aliphatic heterocycles. The van der Waals surface area contributed by atoms with Crippen molar-refractivity contribution in [3.8, 4) is 16.3 Å². The number of thiazole rings is 1. The zero-order valence-electron chi connectivity index (χ0n) is 13.3. The molecule has 26 heavy (non-hydrogen) atoms. The summed E-state index contributed by atoms with van der Waals surface area (Å²) in [5.41, 5.74) is 1.84. The van der Waals surface area contributed by atoms with Gasteiger partial charge in [-0.15, -0.1) is 11.3 Å². The summed E-state index contributed by atoms with van der Waals surface area (Å²) in [4.78, 5) is 9.55. The molecule has 0 aliphatic rings. The topological polar surface area (TPSA) is 43.7 Å².